The van der Waals surface area contributed by atoms with E-state index in [0.717, 1.165) is 32.2 Å². The molecule has 1 aliphatic heterocycles. The van der Waals surface area contributed by atoms with Crippen LogP contribution in [-0.4, -0.2) is 23.4 Å². The molecule has 18 heavy (non-hydrogen) atoms. The summed E-state index contributed by atoms with van der Waals surface area (Å²) in [6, 6.07) is 10.7. The number of hydrogen-bond acceptors (Lipinski definition) is 2. The fourth-order valence-corrected chi connectivity index (χ4v) is 2.86. The molecule has 1 fully saturated rings. The number of likely N-dealkylation sites (tertiary alicyclic amines) is 1. The van der Waals surface area contributed by atoms with E-state index in [1.54, 1.807) is 0 Å². The molecule has 0 radical (unpaired) electrons. The van der Waals surface area contributed by atoms with E-state index in [1.165, 1.54) is 5.56 Å². The Balaban J connectivity index is 2.16. The first-order chi connectivity index (χ1) is 8.74. The summed E-state index contributed by atoms with van der Waals surface area (Å²) in [6.45, 7) is 3.14. The van der Waals surface area contributed by atoms with Gasteiger partial charge in [0.25, 0.3) is 0 Å². The van der Waals surface area contributed by atoms with Crippen molar-refractivity contribution in [3.05, 3.63) is 35.9 Å². The molecule has 0 bridgehead atoms. The van der Waals surface area contributed by atoms with E-state index in [1.807, 2.05) is 6.07 Å². The average Bonchev–Trinajstić information content (AvgIpc) is 2.81. The number of primary amides is 1. The third-order valence-electron chi connectivity index (χ3n) is 3.80. The predicted octanol–water partition coefficient (Wildman–Crippen LogP) is 2.48. The minimum Gasteiger partial charge on any atom is -0.368 e. The summed E-state index contributed by atoms with van der Waals surface area (Å²) in [4.78, 5) is 13.8. The van der Waals surface area contributed by atoms with Crippen molar-refractivity contribution in [3.63, 3.8) is 0 Å². The maximum absolute atomic E-state index is 11.5. The van der Waals surface area contributed by atoms with Gasteiger partial charge in [-0.2, -0.15) is 0 Å². The lowest BCUT2D eigenvalue weighted by Gasteiger charge is -2.28. The molecule has 3 nitrogen and oxygen atoms in total. The van der Waals surface area contributed by atoms with Crippen LogP contribution in [0.25, 0.3) is 0 Å². The fourth-order valence-electron chi connectivity index (χ4n) is 2.86. The number of hydrogen-bond donors (Lipinski definition) is 1. The van der Waals surface area contributed by atoms with Gasteiger partial charge in [0.2, 0.25) is 5.91 Å². The third kappa shape index (κ3) is 2.72. The van der Waals surface area contributed by atoms with Gasteiger partial charge in [-0.05, 0) is 31.4 Å². The zero-order chi connectivity index (χ0) is 13.0. The Labute approximate surface area is 109 Å². The lowest BCUT2D eigenvalue weighted by atomic mass is 10.0. The highest BCUT2D eigenvalue weighted by Crippen LogP contribution is 2.36. The van der Waals surface area contributed by atoms with Gasteiger partial charge in [0, 0.05) is 6.04 Å². The number of carbonyl (C=O) groups is 1. The summed E-state index contributed by atoms with van der Waals surface area (Å²) in [7, 11) is 0. The van der Waals surface area contributed by atoms with Gasteiger partial charge >= 0.3 is 0 Å². The van der Waals surface area contributed by atoms with Gasteiger partial charge in [-0.1, -0.05) is 43.7 Å². The van der Waals surface area contributed by atoms with Gasteiger partial charge in [0.15, 0.2) is 0 Å². The molecule has 2 rings (SSSR count). The molecular formula is C15H22N2O. The van der Waals surface area contributed by atoms with Crippen molar-refractivity contribution in [3.8, 4) is 0 Å². The third-order valence-corrected chi connectivity index (χ3v) is 3.80. The maximum Gasteiger partial charge on any atom is 0.234 e. The Morgan fingerprint density at radius 1 is 1.33 bits per heavy atom. The van der Waals surface area contributed by atoms with Crippen molar-refractivity contribution in [1.82, 2.24) is 4.90 Å². The van der Waals surface area contributed by atoms with Crippen LogP contribution in [0.4, 0.5) is 0 Å². The largest absolute Gasteiger partial charge is 0.368 e. The zero-order valence-corrected chi connectivity index (χ0v) is 11.0. The van der Waals surface area contributed by atoms with Crippen LogP contribution in [-0.2, 0) is 4.79 Å². The van der Waals surface area contributed by atoms with Crippen LogP contribution in [0.5, 0.6) is 0 Å². The zero-order valence-electron chi connectivity index (χ0n) is 11.0. The van der Waals surface area contributed by atoms with Crippen molar-refractivity contribution in [2.45, 2.75) is 44.7 Å². The van der Waals surface area contributed by atoms with Gasteiger partial charge in [0.05, 0.1) is 6.04 Å². The molecule has 0 saturated carbocycles. The molecule has 0 aliphatic carbocycles. The number of unbranched alkanes of at least 4 members (excludes halogenated alkanes) is 1. The number of nitrogens with two attached hydrogens (primary N) is 1. The molecule has 2 atom stereocenters. The Kier molecular flexibility index (Phi) is 4.37. The summed E-state index contributed by atoms with van der Waals surface area (Å²) in [6.07, 6.45) is 4.18. The molecule has 0 spiro atoms. The summed E-state index contributed by atoms with van der Waals surface area (Å²) in [5.41, 5.74) is 6.82. The second kappa shape index (κ2) is 6.01. The van der Waals surface area contributed by atoms with Crippen molar-refractivity contribution in [2.75, 3.05) is 6.54 Å². The Bertz CT molecular complexity index is 391. The predicted molar refractivity (Wildman–Crippen MR) is 73.0 cm³/mol. The van der Waals surface area contributed by atoms with Crippen molar-refractivity contribution >= 4 is 5.91 Å². The molecule has 2 N–H and O–H groups in total. The van der Waals surface area contributed by atoms with E-state index in [2.05, 4.69) is 36.1 Å². The van der Waals surface area contributed by atoms with Crippen LogP contribution in [0, 0.1) is 0 Å². The van der Waals surface area contributed by atoms with Gasteiger partial charge < -0.3 is 5.73 Å². The van der Waals surface area contributed by atoms with Gasteiger partial charge in [-0.3, -0.25) is 9.69 Å². The highest BCUT2D eigenvalue weighted by molar-refractivity contribution is 5.80. The van der Waals surface area contributed by atoms with Gasteiger partial charge in [-0.25, -0.2) is 0 Å². The first-order valence-corrected chi connectivity index (χ1v) is 6.84. The second-order valence-corrected chi connectivity index (χ2v) is 5.01. The first-order valence-electron chi connectivity index (χ1n) is 6.84. The molecule has 1 aliphatic rings. The first kappa shape index (κ1) is 13.1. The van der Waals surface area contributed by atoms with Crippen molar-refractivity contribution < 1.29 is 4.79 Å². The smallest absolute Gasteiger partial charge is 0.234 e. The van der Waals surface area contributed by atoms with Crippen LogP contribution in [0.1, 0.15) is 44.2 Å². The van der Waals surface area contributed by atoms with Crippen molar-refractivity contribution in [1.29, 1.82) is 0 Å². The average molecular weight is 246 g/mol. The molecule has 1 saturated heterocycles. The Morgan fingerprint density at radius 3 is 2.67 bits per heavy atom. The summed E-state index contributed by atoms with van der Waals surface area (Å²) in [5, 5.41) is 0. The Hall–Kier alpha value is -1.35. The monoisotopic (exact) mass is 246 g/mol. The number of rotatable bonds is 5. The quantitative estimate of drug-likeness (QED) is 0.867. The normalized spacial score (nSPS) is 24.3. The number of amides is 1. The second-order valence-electron chi connectivity index (χ2n) is 5.01. The fraction of sp³-hybridized carbons (Fsp3) is 0.533. The molecule has 0 aromatic heterocycles. The molecule has 1 heterocycles. The molecule has 1 unspecified atom stereocenters. The van der Waals surface area contributed by atoms with Crippen LogP contribution in [0.3, 0.4) is 0 Å². The van der Waals surface area contributed by atoms with E-state index >= 15 is 0 Å². The van der Waals surface area contributed by atoms with Crippen LogP contribution in [0.15, 0.2) is 30.3 Å². The standard InChI is InChI=1S/C15H22N2O/c1-2-3-11-17-13(9-10-14(17)15(16)18)12-7-5-4-6-8-12/h4-8,13-14H,2-3,9-11H2,1H3,(H2,16,18)/t13?,14-/m0/s1. The van der Waals surface area contributed by atoms with E-state index in [-0.39, 0.29) is 11.9 Å². The minimum atomic E-state index is -0.176. The van der Waals surface area contributed by atoms with E-state index < -0.39 is 0 Å². The number of nitrogens with zero attached hydrogens (tertiary/aromatic N) is 1. The Morgan fingerprint density at radius 2 is 2.06 bits per heavy atom. The lowest BCUT2D eigenvalue weighted by Crippen LogP contribution is -2.41. The van der Waals surface area contributed by atoms with E-state index in [9.17, 15) is 4.79 Å². The van der Waals surface area contributed by atoms with Gasteiger partial charge in [0.1, 0.15) is 0 Å². The lowest BCUT2D eigenvalue weighted by molar-refractivity contribution is -0.122. The molecular weight excluding hydrogens is 224 g/mol. The van der Waals surface area contributed by atoms with Gasteiger partial charge in [-0.15, -0.1) is 0 Å². The summed E-state index contributed by atoms with van der Waals surface area (Å²) < 4.78 is 0. The minimum absolute atomic E-state index is 0.0817. The van der Waals surface area contributed by atoms with Crippen LogP contribution < -0.4 is 5.73 Å². The number of carbonyl (C=O) groups excluding carboxylic acids is 1. The maximum atomic E-state index is 11.5. The molecule has 1 aromatic carbocycles. The topological polar surface area (TPSA) is 46.3 Å². The SMILES string of the molecule is CCCCN1C(c2ccccc2)CC[C@H]1C(N)=O. The molecule has 98 valence electrons. The van der Waals surface area contributed by atoms with E-state index in [0.29, 0.717) is 6.04 Å². The molecule has 1 aromatic rings. The van der Waals surface area contributed by atoms with Crippen LogP contribution in [0.2, 0.25) is 0 Å². The summed E-state index contributed by atoms with van der Waals surface area (Å²) >= 11 is 0. The highest BCUT2D eigenvalue weighted by atomic mass is 16.1. The van der Waals surface area contributed by atoms with Crippen LogP contribution >= 0.6 is 0 Å². The molecule has 3 heteroatoms. The molecule has 1 amide bonds. The van der Waals surface area contributed by atoms with E-state index in [4.69, 9.17) is 5.73 Å². The highest BCUT2D eigenvalue weighted by Gasteiger charge is 2.36. The summed E-state index contributed by atoms with van der Waals surface area (Å²) in [5.74, 6) is -0.176. The number of benzene rings is 1. The van der Waals surface area contributed by atoms with Crippen molar-refractivity contribution in [2.24, 2.45) is 5.73 Å².